The number of hydrogen-bond donors (Lipinski definition) is 0. The van der Waals surface area contributed by atoms with E-state index in [0.29, 0.717) is 0 Å². The van der Waals surface area contributed by atoms with Crippen LogP contribution in [-0.2, 0) is 10.8 Å². The molecule has 9 aromatic carbocycles. The summed E-state index contributed by atoms with van der Waals surface area (Å²) in [6.07, 6.45) is 0. The van der Waals surface area contributed by atoms with Gasteiger partial charge in [-0.1, -0.05) is 149 Å². The molecule has 2 aliphatic heterocycles. The maximum atomic E-state index is 7.43. The van der Waals surface area contributed by atoms with Gasteiger partial charge in [0.05, 0.1) is 10.4 Å². The smallest absolute Gasteiger partial charge is 0.256 e. The van der Waals surface area contributed by atoms with Crippen LogP contribution in [0.15, 0.2) is 182 Å². The van der Waals surface area contributed by atoms with Gasteiger partial charge in [0.1, 0.15) is 11.5 Å². The first-order valence-corrected chi connectivity index (χ1v) is 26.2. The topological polar surface area (TPSA) is 19.0 Å². The van der Waals surface area contributed by atoms with Gasteiger partial charge in [0, 0.05) is 67.0 Å². The molecule has 0 aliphatic carbocycles. The number of benzene rings is 9. The lowest BCUT2D eigenvalue weighted by Crippen LogP contribution is -2.59. The summed E-state index contributed by atoms with van der Waals surface area (Å²) < 4.78 is 9.95. The summed E-state index contributed by atoms with van der Waals surface area (Å²) in [7, 11) is 0. The van der Waals surface area contributed by atoms with Gasteiger partial charge in [0.15, 0.2) is 0 Å². The number of ether oxygens (including phenoxy) is 1. The van der Waals surface area contributed by atoms with E-state index in [1.165, 1.54) is 75.6 Å². The molecule has 354 valence electrons. The molecule has 3 heterocycles. The molecule has 0 N–H and O–H groups in total. The molecule has 12 rings (SSSR count). The van der Waals surface area contributed by atoms with Crippen molar-refractivity contribution in [3.63, 3.8) is 0 Å². The summed E-state index contributed by atoms with van der Waals surface area (Å²) in [6, 6.07) is 68.3. The summed E-state index contributed by atoms with van der Waals surface area (Å²) in [6.45, 7) is 22.5. The van der Waals surface area contributed by atoms with Crippen molar-refractivity contribution >= 4 is 106 Å². The molecule has 0 radical (unpaired) electrons. The van der Waals surface area contributed by atoms with E-state index in [2.05, 4.69) is 266 Å². The van der Waals surface area contributed by atoms with Crippen molar-refractivity contribution < 1.29 is 4.74 Å². The van der Waals surface area contributed by atoms with E-state index in [1.54, 1.807) is 0 Å². The molecule has 0 fully saturated rings. The Morgan fingerprint density at radius 2 is 0.944 bits per heavy atom. The highest BCUT2D eigenvalue weighted by Crippen LogP contribution is 2.51. The van der Waals surface area contributed by atoms with Crippen LogP contribution in [0.25, 0.3) is 20.2 Å². The van der Waals surface area contributed by atoms with Gasteiger partial charge in [-0.25, -0.2) is 0 Å². The molecule has 2 aliphatic rings. The second kappa shape index (κ2) is 17.1. The van der Waals surface area contributed by atoms with Gasteiger partial charge >= 0.3 is 0 Å². The van der Waals surface area contributed by atoms with Crippen LogP contribution in [0.5, 0.6) is 11.5 Å². The second-order valence-corrected chi connectivity index (χ2v) is 23.3. The molecule has 10 aromatic rings. The molecule has 0 saturated heterocycles. The zero-order chi connectivity index (χ0) is 49.8. The molecule has 4 nitrogen and oxygen atoms in total. The first-order chi connectivity index (χ1) is 34.6. The predicted octanol–water partition coefficient (Wildman–Crippen LogP) is 17.2. The van der Waals surface area contributed by atoms with Crippen LogP contribution in [0.4, 0.5) is 51.2 Å². The Balaban J connectivity index is 1.13. The number of thiophene rings is 1. The third-order valence-electron chi connectivity index (χ3n) is 14.9. The van der Waals surface area contributed by atoms with E-state index in [4.69, 9.17) is 4.74 Å². The van der Waals surface area contributed by atoms with Crippen molar-refractivity contribution in [3.8, 4) is 11.5 Å². The Morgan fingerprint density at radius 1 is 0.417 bits per heavy atom. The summed E-state index contributed by atoms with van der Waals surface area (Å²) in [4.78, 5) is 7.37. The summed E-state index contributed by atoms with van der Waals surface area (Å²) in [5.74, 6) is 1.79. The van der Waals surface area contributed by atoms with Gasteiger partial charge < -0.3 is 19.4 Å². The first kappa shape index (κ1) is 45.6. The zero-order valence-corrected chi connectivity index (χ0v) is 43.9. The van der Waals surface area contributed by atoms with E-state index in [1.807, 2.05) is 11.3 Å². The predicted molar refractivity (Wildman–Crippen MR) is 311 cm³/mol. The number of nitrogens with zero attached hydrogens (tertiary/aromatic N) is 3. The Bertz CT molecular complexity index is 3640. The fourth-order valence-corrected chi connectivity index (χ4v) is 12.0. The molecule has 72 heavy (non-hydrogen) atoms. The highest BCUT2D eigenvalue weighted by atomic mass is 32.1. The van der Waals surface area contributed by atoms with Crippen molar-refractivity contribution in [1.29, 1.82) is 0 Å². The highest BCUT2D eigenvalue weighted by Gasteiger charge is 2.44. The van der Waals surface area contributed by atoms with Crippen LogP contribution in [0.1, 0.15) is 74.9 Å². The van der Waals surface area contributed by atoms with Crippen LogP contribution in [-0.4, -0.2) is 6.71 Å². The van der Waals surface area contributed by atoms with Gasteiger partial charge in [0.2, 0.25) is 0 Å². The van der Waals surface area contributed by atoms with Gasteiger partial charge in [-0.15, -0.1) is 11.3 Å². The Hall–Kier alpha value is -7.54. The molecule has 0 saturated carbocycles. The van der Waals surface area contributed by atoms with Gasteiger partial charge in [-0.3, -0.25) is 0 Å². The Labute approximate surface area is 429 Å². The summed E-state index contributed by atoms with van der Waals surface area (Å²) >= 11 is 1.88. The molecular formula is C66H60BN3OS. The number of aryl methyl sites for hydroxylation is 4. The zero-order valence-electron chi connectivity index (χ0n) is 43.1. The number of fused-ring (bicyclic) bond motifs is 7. The summed E-state index contributed by atoms with van der Waals surface area (Å²) in [5, 5.41) is 2.50. The second-order valence-electron chi connectivity index (χ2n) is 22.2. The maximum Gasteiger partial charge on any atom is 0.256 e. The maximum absolute atomic E-state index is 7.43. The fraction of sp³-hybridized carbons (Fsp3) is 0.182. The Kier molecular flexibility index (Phi) is 10.8. The lowest BCUT2D eigenvalue weighted by Gasteiger charge is -2.42. The van der Waals surface area contributed by atoms with E-state index in [9.17, 15) is 0 Å². The average Bonchev–Trinajstić information content (AvgIpc) is 3.74. The minimum absolute atomic E-state index is 0.0826. The van der Waals surface area contributed by atoms with Crippen molar-refractivity contribution in [2.24, 2.45) is 0 Å². The lowest BCUT2D eigenvalue weighted by atomic mass is 9.34. The summed E-state index contributed by atoms with van der Waals surface area (Å²) in [5.41, 5.74) is 20.9. The van der Waals surface area contributed by atoms with Crippen LogP contribution in [0, 0.1) is 27.7 Å². The minimum Gasteiger partial charge on any atom is -0.458 e. The molecule has 0 spiro atoms. The highest BCUT2D eigenvalue weighted by molar-refractivity contribution is 7.26. The quantitative estimate of drug-likeness (QED) is 0.148. The van der Waals surface area contributed by atoms with E-state index in [0.717, 1.165) is 57.0 Å². The molecular weight excluding hydrogens is 894 g/mol. The van der Waals surface area contributed by atoms with Crippen molar-refractivity contribution in [1.82, 2.24) is 0 Å². The molecule has 1 aromatic heterocycles. The van der Waals surface area contributed by atoms with Crippen LogP contribution < -0.4 is 35.8 Å². The van der Waals surface area contributed by atoms with Gasteiger partial charge in [0.25, 0.3) is 6.71 Å². The van der Waals surface area contributed by atoms with Gasteiger partial charge in [-0.2, -0.15) is 0 Å². The first-order valence-electron chi connectivity index (χ1n) is 25.3. The number of hydrogen-bond acceptors (Lipinski definition) is 5. The fourth-order valence-electron chi connectivity index (χ4n) is 10.8. The Morgan fingerprint density at radius 3 is 1.50 bits per heavy atom. The van der Waals surface area contributed by atoms with Crippen molar-refractivity contribution in [2.45, 2.75) is 80.1 Å². The normalized spacial score (nSPS) is 12.9. The van der Waals surface area contributed by atoms with Crippen molar-refractivity contribution in [2.75, 3.05) is 14.7 Å². The van der Waals surface area contributed by atoms with Gasteiger partial charge in [-0.05, 0) is 157 Å². The minimum atomic E-state index is -0.176. The molecule has 0 amide bonds. The SMILES string of the molecule is Cc1ccc(N(c2ccc(C)cc2)c2ccc3c(c2)Oc2cc(C(C)(C)C)cc4c2B3c2cc(C(C)(C)C)ccc2N4c2cc(N(c3ccc(C)cc3)c3ccc(C)cc3)cc3c2sc2ccccc23)cc1. The monoisotopic (exact) mass is 953 g/mol. The van der Waals surface area contributed by atoms with Crippen LogP contribution in [0.3, 0.4) is 0 Å². The lowest BCUT2D eigenvalue weighted by molar-refractivity contribution is 0.483. The van der Waals surface area contributed by atoms with E-state index < -0.39 is 0 Å². The third-order valence-corrected chi connectivity index (χ3v) is 16.1. The number of anilines is 9. The van der Waals surface area contributed by atoms with Crippen molar-refractivity contribution in [3.05, 3.63) is 215 Å². The molecule has 6 heteroatoms. The standard InChI is InChI=1S/C66H60BN3OS/c1-41-15-24-47(25-16-41)68(48-26-17-42(2)18-27-48)51-32-33-55-60(40-51)71-61-37-46(66(8,9)10)36-58-63(61)67(55)56-35-45(65(5,6)7)23-34-57(56)70(58)59-39-52(38-54-53-13-11-12-14-62(53)72-64(54)59)69(49-28-19-43(3)20-29-49)50-30-21-44(4)22-31-50/h11-40H,1-10H3. The number of rotatable bonds is 7. The van der Waals surface area contributed by atoms with Crippen LogP contribution in [0.2, 0.25) is 0 Å². The molecule has 0 unspecified atom stereocenters. The van der Waals surface area contributed by atoms with Crippen LogP contribution >= 0.6 is 11.3 Å². The average molecular weight is 954 g/mol. The van der Waals surface area contributed by atoms with E-state index in [-0.39, 0.29) is 17.5 Å². The largest absolute Gasteiger partial charge is 0.458 e. The molecule has 0 bridgehead atoms. The van der Waals surface area contributed by atoms with E-state index >= 15 is 0 Å². The molecule has 0 atom stereocenters. The third kappa shape index (κ3) is 7.84.